The molecule has 4 rings (SSSR count). The lowest BCUT2D eigenvalue weighted by atomic mass is 9.78. The molecule has 2 heterocycles. The number of nitrogens with zero attached hydrogens (tertiary/aromatic N) is 3. The van der Waals surface area contributed by atoms with Crippen LogP contribution in [-0.2, 0) is 22.0 Å². The van der Waals surface area contributed by atoms with Crippen molar-refractivity contribution >= 4 is 30.2 Å². The Morgan fingerprint density at radius 2 is 1.77 bits per heavy atom. The van der Waals surface area contributed by atoms with E-state index in [4.69, 9.17) is 13.8 Å². The van der Waals surface area contributed by atoms with Gasteiger partial charge >= 0.3 is 19.2 Å². The molecule has 12 heteroatoms. The minimum Gasteiger partial charge on any atom is -0.846 e. The molecule has 2 aromatic carbocycles. The highest BCUT2D eigenvalue weighted by molar-refractivity contribution is 6.62. The maximum atomic E-state index is 12.8. The summed E-state index contributed by atoms with van der Waals surface area (Å²) in [7, 11) is -0.507. The number of hydrogen-bond acceptors (Lipinski definition) is 6. The molecule has 35 heavy (non-hydrogen) atoms. The first kappa shape index (κ1) is 24.7. The summed E-state index contributed by atoms with van der Waals surface area (Å²) in [6.45, 7) is 8.25. The van der Waals surface area contributed by atoms with Crippen molar-refractivity contribution in [2.75, 3.05) is 5.32 Å². The van der Waals surface area contributed by atoms with E-state index in [1.807, 2.05) is 52.0 Å². The van der Waals surface area contributed by atoms with E-state index in [1.54, 1.807) is 0 Å². The number of anilines is 1. The Hall–Kier alpha value is -3.38. The second kappa shape index (κ2) is 9.01. The molecule has 0 atom stereocenters. The normalized spacial score (nSPS) is 17.6. The maximum Gasteiger partial charge on any atom is 0.494 e. The zero-order valence-electron chi connectivity index (χ0n) is 19.6. The molecule has 1 saturated heterocycles. The van der Waals surface area contributed by atoms with Crippen molar-refractivity contribution < 1.29 is 36.8 Å². The summed E-state index contributed by atoms with van der Waals surface area (Å²) < 4.78 is 57.2. The number of nitrogens with one attached hydrogen (secondary N) is 1. The lowest BCUT2D eigenvalue weighted by Crippen LogP contribution is -2.41. The molecule has 1 aliphatic rings. The summed E-state index contributed by atoms with van der Waals surface area (Å²) in [5, 5.41) is 18.3. The van der Waals surface area contributed by atoms with Crippen molar-refractivity contribution in [3.8, 4) is 0 Å². The predicted molar refractivity (Wildman–Crippen MR) is 120 cm³/mol. The molecule has 0 spiro atoms. The monoisotopic (exact) mass is 488 g/mol. The number of aliphatic imine (C=N–C) groups is 1. The summed E-state index contributed by atoms with van der Waals surface area (Å²) in [5.74, 6) is -0.100. The molecule has 1 fully saturated rings. The van der Waals surface area contributed by atoms with E-state index in [0.717, 1.165) is 23.2 Å². The van der Waals surface area contributed by atoms with E-state index in [0.29, 0.717) is 6.54 Å². The Labute approximate surface area is 200 Å². The van der Waals surface area contributed by atoms with Gasteiger partial charge in [-0.15, -0.1) is 0 Å². The highest BCUT2D eigenvalue weighted by Gasteiger charge is 2.51. The number of aromatic nitrogens is 2. The Bertz CT molecular complexity index is 1230. The third-order valence-electron chi connectivity index (χ3n) is 5.97. The van der Waals surface area contributed by atoms with Crippen molar-refractivity contribution in [2.24, 2.45) is 4.99 Å². The quantitative estimate of drug-likeness (QED) is 0.257. The number of benzene rings is 2. The lowest BCUT2D eigenvalue weighted by Gasteiger charge is -2.32. The fourth-order valence-corrected chi connectivity index (χ4v) is 3.42. The molecule has 1 aromatic heterocycles. The van der Waals surface area contributed by atoms with E-state index in [1.165, 1.54) is 23.0 Å². The maximum absolute atomic E-state index is 12.8. The Balaban J connectivity index is 1.43. The van der Waals surface area contributed by atoms with Gasteiger partial charge in [0.1, 0.15) is 0 Å². The van der Waals surface area contributed by atoms with Gasteiger partial charge in [0, 0.05) is 11.3 Å². The smallest absolute Gasteiger partial charge is 0.494 e. The molecule has 8 nitrogen and oxygen atoms in total. The Kier molecular flexibility index (Phi) is 6.37. The van der Waals surface area contributed by atoms with E-state index in [9.17, 15) is 18.3 Å². The van der Waals surface area contributed by atoms with Gasteiger partial charge in [-0.05, 0) is 56.0 Å². The Morgan fingerprint density at radius 1 is 1.09 bits per heavy atom. The van der Waals surface area contributed by atoms with Gasteiger partial charge in [-0.3, -0.25) is 4.52 Å². The van der Waals surface area contributed by atoms with E-state index in [2.05, 4.69) is 15.6 Å². The molecule has 184 valence electrons. The van der Waals surface area contributed by atoms with Gasteiger partial charge in [-0.2, -0.15) is 13.2 Å². The molecule has 0 bridgehead atoms. The minimum atomic E-state index is -4.52. The molecular formula is C23H24BF3N4O4. The first-order chi connectivity index (χ1) is 16.3. The second-order valence-corrected chi connectivity index (χ2v) is 9.19. The second-order valence-electron chi connectivity index (χ2n) is 9.19. The molecule has 1 aliphatic heterocycles. The molecule has 0 saturated carbocycles. The van der Waals surface area contributed by atoms with Crippen LogP contribution in [0.25, 0.3) is 0 Å². The summed E-state index contributed by atoms with van der Waals surface area (Å²) in [6, 6.07) is 11.0. The summed E-state index contributed by atoms with van der Waals surface area (Å²) in [4.78, 5) is 3.70. The van der Waals surface area contributed by atoms with Crippen LogP contribution in [0.5, 0.6) is 0 Å². The van der Waals surface area contributed by atoms with Gasteiger partial charge < -0.3 is 19.7 Å². The summed E-state index contributed by atoms with van der Waals surface area (Å²) >= 11 is 0. The standard InChI is InChI=1S/C23H24BF3N4O4/c1-21(2)22(3,4)35-24(34-21)17-9-5-7-15(11-17)13-31-14-19(33-30-31)29-20(32)28-18-10-6-8-16(12-18)23(25,26)27/h5-12,14H,13H2,1-4H3,(H-,28,29,30,32). The van der Waals surface area contributed by atoms with Crippen LogP contribution in [0.3, 0.4) is 0 Å². The number of alkyl halides is 3. The SMILES string of the molecule is CC1(C)OB(c2cccc(C[n+]3cc(N=C([O-])Nc4cccc(C(F)(F)F)c4)on3)c2)OC1(C)C. The van der Waals surface area contributed by atoms with Gasteiger partial charge in [0.15, 0.2) is 0 Å². The van der Waals surface area contributed by atoms with Crippen LogP contribution >= 0.6 is 0 Å². The van der Waals surface area contributed by atoms with Crippen molar-refractivity contribution in [1.82, 2.24) is 5.27 Å². The van der Waals surface area contributed by atoms with Crippen molar-refractivity contribution in [2.45, 2.75) is 51.6 Å². The van der Waals surface area contributed by atoms with Crippen molar-refractivity contribution in [3.05, 3.63) is 65.9 Å². The average molecular weight is 488 g/mol. The molecule has 0 unspecified atom stereocenters. The minimum absolute atomic E-state index is 0.0412. The number of rotatable bonds is 5. The average Bonchev–Trinajstić information content (AvgIpc) is 3.27. The predicted octanol–water partition coefficient (Wildman–Crippen LogP) is 2.79. The molecule has 1 N–H and O–H groups in total. The highest BCUT2D eigenvalue weighted by atomic mass is 19.4. The fourth-order valence-electron chi connectivity index (χ4n) is 3.42. The molecule has 0 aliphatic carbocycles. The van der Waals surface area contributed by atoms with E-state index in [-0.39, 0.29) is 11.6 Å². The van der Waals surface area contributed by atoms with Crippen LogP contribution in [0.15, 0.2) is 64.2 Å². The topological polar surface area (TPSA) is 95.8 Å². The molecule has 0 radical (unpaired) electrons. The van der Waals surface area contributed by atoms with Crippen LogP contribution in [0.2, 0.25) is 0 Å². The summed E-state index contributed by atoms with van der Waals surface area (Å²) in [5.41, 5.74) is -0.0961. The lowest BCUT2D eigenvalue weighted by molar-refractivity contribution is -0.754. The molecule has 0 amide bonds. The van der Waals surface area contributed by atoms with Crippen LogP contribution in [0, 0.1) is 0 Å². The molecular weight excluding hydrogens is 464 g/mol. The largest absolute Gasteiger partial charge is 0.846 e. The number of amidine groups is 1. The van der Waals surface area contributed by atoms with Gasteiger partial charge in [0.25, 0.3) is 6.20 Å². The van der Waals surface area contributed by atoms with Crippen molar-refractivity contribution in [1.29, 1.82) is 0 Å². The third kappa shape index (κ3) is 5.65. The van der Waals surface area contributed by atoms with Gasteiger partial charge in [0.05, 0.1) is 22.8 Å². The van der Waals surface area contributed by atoms with Gasteiger partial charge in [0.2, 0.25) is 11.8 Å². The highest BCUT2D eigenvalue weighted by Crippen LogP contribution is 2.36. The molecule has 3 aromatic rings. The van der Waals surface area contributed by atoms with Crippen LogP contribution in [0.1, 0.15) is 38.8 Å². The summed E-state index contributed by atoms with van der Waals surface area (Å²) in [6.07, 6.45) is -3.11. The van der Waals surface area contributed by atoms with E-state index < -0.39 is 36.1 Å². The first-order valence-corrected chi connectivity index (χ1v) is 10.8. The third-order valence-corrected chi connectivity index (χ3v) is 5.97. The van der Waals surface area contributed by atoms with Crippen LogP contribution in [0.4, 0.5) is 24.7 Å². The van der Waals surface area contributed by atoms with Gasteiger partial charge in [-0.25, -0.2) is 4.99 Å². The van der Waals surface area contributed by atoms with Crippen molar-refractivity contribution in [3.63, 3.8) is 0 Å². The number of halogens is 3. The zero-order valence-corrected chi connectivity index (χ0v) is 19.6. The Morgan fingerprint density at radius 3 is 2.46 bits per heavy atom. The van der Waals surface area contributed by atoms with Gasteiger partial charge in [-0.1, -0.05) is 30.3 Å². The first-order valence-electron chi connectivity index (χ1n) is 10.8. The number of hydrogen-bond donors (Lipinski definition) is 1. The fraction of sp³-hybridized carbons (Fsp3) is 0.348. The zero-order chi connectivity index (χ0) is 25.4. The van der Waals surface area contributed by atoms with E-state index >= 15 is 0 Å². The van der Waals surface area contributed by atoms with Crippen LogP contribution in [-0.4, -0.2) is 29.6 Å². The van der Waals surface area contributed by atoms with Crippen LogP contribution < -0.4 is 20.6 Å².